The molecule has 0 aromatic rings. The molecule has 1 N–H and O–H groups in total. The molecule has 0 rings (SSSR count). The minimum absolute atomic E-state index is 0.237. The van der Waals surface area contributed by atoms with Gasteiger partial charge in [-0.1, -0.05) is 27.7 Å². The number of hydrogen-bond donors (Lipinski definition) is 1. The summed E-state index contributed by atoms with van der Waals surface area (Å²) in [5.74, 6) is 0. The number of aliphatic hydroxyl groups is 1. The molecule has 0 aromatic carbocycles. The van der Waals surface area contributed by atoms with E-state index < -0.39 is 8.32 Å². The molecule has 0 radical (unpaired) electrons. The molecule has 0 aliphatic carbocycles. The lowest BCUT2D eigenvalue weighted by Gasteiger charge is -2.36. The molecule has 0 saturated carbocycles. The number of hydrogen-bond acceptors (Lipinski definition) is 2. The first-order valence-corrected chi connectivity index (χ1v) is 7.93. The molecule has 0 fully saturated rings. The fourth-order valence-corrected chi connectivity index (χ4v) is 1.68. The predicted octanol–water partition coefficient (Wildman–Crippen LogP) is 2.78. The van der Waals surface area contributed by atoms with Crippen LogP contribution in [0.25, 0.3) is 0 Å². The molecule has 0 aromatic heterocycles. The Balaban J connectivity index is 4.04. The smallest absolute Gasteiger partial charge is 0.192 e. The normalized spacial score (nSPS) is 15.9. The molecule has 0 bridgehead atoms. The van der Waals surface area contributed by atoms with Crippen LogP contribution in [0.5, 0.6) is 0 Å². The van der Waals surface area contributed by atoms with Gasteiger partial charge in [0.2, 0.25) is 0 Å². The van der Waals surface area contributed by atoms with E-state index in [2.05, 4.69) is 33.9 Å². The molecule has 0 amide bonds. The quantitative estimate of drug-likeness (QED) is 0.714. The van der Waals surface area contributed by atoms with Crippen molar-refractivity contribution in [1.82, 2.24) is 0 Å². The lowest BCUT2D eigenvalue weighted by molar-refractivity contribution is 0.0969. The van der Waals surface area contributed by atoms with Gasteiger partial charge in [-0.3, -0.25) is 0 Å². The molecule has 0 heterocycles. The monoisotopic (exact) mass is 204 g/mol. The molecule has 0 spiro atoms. The number of aliphatic hydroxyl groups excluding tert-OH is 1. The summed E-state index contributed by atoms with van der Waals surface area (Å²) in [5.41, 5.74) is 0. The van der Waals surface area contributed by atoms with Crippen molar-refractivity contribution in [2.45, 2.75) is 58.4 Å². The van der Waals surface area contributed by atoms with Crippen molar-refractivity contribution in [3.63, 3.8) is 0 Å². The van der Waals surface area contributed by atoms with Crippen molar-refractivity contribution in [2.75, 3.05) is 6.61 Å². The Hall–Kier alpha value is 0.137. The third kappa shape index (κ3) is 4.25. The summed E-state index contributed by atoms with van der Waals surface area (Å²) in [4.78, 5) is 0. The molecule has 0 aliphatic heterocycles. The summed E-state index contributed by atoms with van der Waals surface area (Å²) in [7, 11) is -1.64. The maximum Gasteiger partial charge on any atom is 0.192 e. The second kappa shape index (κ2) is 4.58. The van der Waals surface area contributed by atoms with Gasteiger partial charge in [-0.15, -0.1) is 0 Å². The summed E-state index contributed by atoms with van der Waals surface area (Å²) in [6.07, 6.45) is 0.475. The second-order valence-corrected chi connectivity index (χ2v) is 9.94. The van der Waals surface area contributed by atoms with Gasteiger partial charge in [-0.2, -0.15) is 0 Å². The molecule has 13 heavy (non-hydrogen) atoms. The van der Waals surface area contributed by atoms with Gasteiger partial charge in [0.25, 0.3) is 0 Å². The average Bonchev–Trinajstić information content (AvgIpc) is 1.98. The molecular formula is C10H24O2Si. The third-order valence-corrected chi connectivity index (χ3v) is 7.41. The maximum atomic E-state index is 9.38. The van der Waals surface area contributed by atoms with Gasteiger partial charge >= 0.3 is 0 Å². The van der Waals surface area contributed by atoms with Crippen molar-refractivity contribution >= 4 is 8.32 Å². The van der Waals surface area contributed by atoms with E-state index in [4.69, 9.17) is 4.43 Å². The van der Waals surface area contributed by atoms with Crippen molar-refractivity contribution in [2.24, 2.45) is 0 Å². The van der Waals surface area contributed by atoms with Crippen LogP contribution < -0.4 is 0 Å². The first-order chi connectivity index (χ1) is 5.70. The van der Waals surface area contributed by atoms with Crippen LogP contribution in [0.4, 0.5) is 0 Å². The SMILES string of the molecule is CCC(O)CO[Si](C)(C)C(C)(C)C. The van der Waals surface area contributed by atoms with E-state index >= 15 is 0 Å². The van der Waals surface area contributed by atoms with E-state index in [9.17, 15) is 5.11 Å². The van der Waals surface area contributed by atoms with Crippen LogP contribution in [0.15, 0.2) is 0 Å². The Morgan fingerprint density at radius 3 is 2.08 bits per heavy atom. The maximum absolute atomic E-state index is 9.38. The van der Waals surface area contributed by atoms with Crippen LogP contribution in [0.1, 0.15) is 34.1 Å². The lowest BCUT2D eigenvalue weighted by Crippen LogP contribution is -2.42. The largest absolute Gasteiger partial charge is 0.414 e. The summed E-state index contributed by atoms with van der Waals surface area (Å²) in [6.45, 7) is 13.5. The van der Waals surface area contributed by atoms with Crippen LogP contribution >= 0.6 is 0 Å². The number of rotatable bonds is 4. The van der Waals surface area contributed by atoms with Gasteiger partial charge in [-0.25, -0.2) is 0 Å². The standard InChI is InChI=1S/C10H24O2Si/c1-7-9(11)8-12-13(5,6)10(2,3)4/h9,11H,7-8H2,1-6H3. The van der Waals surface area contributed by atoms with E-state index in [1.54, 1.807) is 0 Å². The highest BCUT2D eigenvalue weighted by Crippen LogP contribution is 2.36. The molecule has 0 saturated heterocycles. The Morgan fingerprint density at radius 2 is 1.77 bits per heavy atom. The predicted molar refractivity (Wildman–Crippen MR) is 59.4 cm³/mol. The van der Waals surface area contributed by atoms with Crippen LogP contribution in [-0.4, -0.2) is 26.1 Å². The zero-order valence-corrected chi connectivity index (χ0v) is 10.8. The lowest BCUT2D eigenvalue weighted by atomic mass is 10.2. The first-order valence-electron chi connectivity index (χ1n) is 5.02. The van der Waals surface area contributed by atoms with Gasteiger partial charge in [0, 0.05) is 0 Å². The Labute approximate surface area is 83.4 Å². The van der Waals surface area contributed by atoms with Crippen molar-refractivity contribution < 1.29 is 9.53 Å². The van der Waals surface area contributed by atoms with Gasteiger partial charge in [-0.05, 0) is 24.6 Å². The Kier molecular flexibility index (Phi) is 4.62. The minimum Gasteiger partial charge on any atom is -0.414 e. The molecular weight excluding hydrogens is 180 g/mol. The highest BCUT2D eigenvalue weighted by atomic mass is 28.4. The fraction of sp³-hybridized carbons (Fsp3) is 1.00. The van der Waals surface area contributed by atoms with E-state index in [-0.39, 0.29) is 11.1 Å². The fourth-order valence-electron chi connectivity index (χ4n) is 0.639. The molecule has 0 aliphatic rings. The molecule has 2 nitrogen and oxygen atoms in total. The van der Waals surface area contributed by atoms with Crippen molar-refractivity contribution in [1.29, 1.82) is 0 Å². The van der Waals surface area contributed by atoms with Crippen LogP contribution in [0, 0.1) is 0 Å². The highest BCUT2D eigenvalue weighted by molar-refractivity contribution is 6.74. The third-order valence-electron chi connectivity index (χ3n) is 2.91. The Morgan fingerprint density at radius 1 is 1.31 bits per heavy atom. The molecule has 80 valence electrons. The zero-order valence-electron chi connectivity index (χ0n) is 9.85. The van der Waals surface area contributed by atoms with Crippen LogP contribution in [0.3, 0.4) is 0 Å². The van der Waals surface area contributed by atoms with Gasteiger partial charge in [0.15, 0.2) is 8.32 Å². The first kappa shape index (κ1) is 13.1. The van der Waals surface area contributed by atoms with E-state index in [0.717, 1.165) is 6.42 Å². The topological polar surface area (TPSA) is 29.5 Å². The molecule has 3 heteroatoms. The van der Waals surface area contributed by atoms with Crippen LogP contribution in [-0.2, 0) is 4.43 Å². The van der Waals surface area contributed by atoms with E-state index in [1.807, 2.05) is 6.92 Å². The van der Waals surface area contributed by atoms with Crippen molar-refractivity contribution in [3.05, 3.63) is 0 Å². The van der Waals surface area contributed by atoms with Gasteiger partial charge in [0.05, 0.1) is 12.7 Å². The summed E-state index contributed by atoms with van der Waals surface area (Å²) < 4.78 is 5.84. The molecule has 1 atom stereocenters. The summed E-state index contributed by atoms with van der Waals surface area (Å²) in [6, 6.07) is 0. The van der Waals surface area contributed by atoms with E-state index in [1.165, 1.54) is 0 Å². The van der Waals surface area contributed by atoms with Crippen molar-refractivity contribution in [3.8, 4) is 0 Å². The molecule has 1 unspecified atom stereocenters. The summed E-state index contributed by atoms with van der Waals surface area (Å²) >= 11 is 0. The minimum atomic E-state index is -1.64. The Bertz CT molecular complexity index is 149. The van der Waals surface area contributed by atoms with Gasteiger partial charge < -0.3 is 9.53 Å². The van der Waals surface area contributed by atoms with Crippen LogP contribution in [0.2, 0.25) is 18.1 Å². The van der Waals surface area contributed by atoms with E-state index in [0.29, 0.717) is 6.61 Å². The second-order valence-electron chi connectivity index (χ2n) is 5.13. The average molecular weight is 204 g/mol. The summed E-state index contributed by atoms with van der Waals surface area (Å²) in [5, 5.41) is 9.62. The zero-order chi connectivity index (χ0) is 10.7. The van der Waals surface area contributed by atoms with Gasteiger partial charge in [0.1, 0.15) is 0 Å². The highest BCUT2D eigenvalue weighted by Gasteiger charge is 2.37.